The first-order valence-electron chi connectivity index (χ1n) is 7.13. The largest absolute Gasteiger partial charge is 0.419 e. The number of carbonyl (C=O) groups excluding carboxylic acids is 1. The lowest BCUT2D eigenvalue weighted by Gasteiger charge is -2.36. The lowest BCUT2D eigenvalue weighted by atomic mass is 9.86. The molecule has 0 radical (unpaired) electrons. The predicted octanol–water partition coefficient (Wildman–Crippen LogP) is 1.78. The lowest BCUT2D eigenvalue weighted by Crippen LogP contribution is -2.46. The van der Waals surface area contributed by atoms with Crippen LogP contribution in [0.15, 0.2) is 27.4 Å². The van der Waals surface area contributed by atoms with E-state index in [4.69, 9.17) is 10.2 Å². The second kappa shape index (κ2) is 4.95. The number of piperidine rings is 1. The minimum atomic E-state index is -0.356. The Labute approximate surface area is 122 Å². The summed E-state index contributed by atoms with van der Waals surface area (Å²) in [6.07, 6.45) is 1.74. The molecule has 2 N–H and O–H groups in total. The van der Waals surface area contributed by atoms with E-state index in [0.29, 0.717) is 18.0 Å². The highest BCUT2D eigenvalue weighted by Gasteiger charge is 2.28. The van der Waals surface area contributed by atoms with Crippen molar-refractivity contribution in [1.82, 2.24) is 9.47 Å². The first-order chi connectivity index (χ1) is 9.97. The number of likely N-dealkylation sites (tertiary alicyclic amines) is 1. The molecular weight excluding hydrogens is 270 g/mol. The molecule has 2 heterocycles. The molecule has 1 unspecified atom stereocenters. The normalized spacial score (nSPS) is 22.7. The summed E-state index contributed by atoms with van der Waals surface area (Å²) in [5, 5.41) is 0. The average molecular weight is 289 g/mol. The fourth-order valence-electron chi connectivity index (χ4n) is 3.21. The molecule has 0 aliphatic carbocycles. The van der Waals surface area contributed by atoms with Crippen LogP contribution in [0.4, 0.5) is 4.79 Å². The zero-order chi connectivity index (χ0) is 15.1. The number of urea groups is 1. The molecule has 0 bridgehead atoms. The van der Waals surface area contributed by atoms with E-state index in [0.717, 1.165) is 23.9 Å². The molecule has 3 rings (SSSR count). The third kappa shape index (κ3) is 2.30. The number of carbonyl (C=O) groups is 1. The summed E-state index contributed by atoms with van der Waals surface area (Å²) in [7, 11) is 1.70. The molecule has 1 aromatic carbocycles. The summed E-state index contributed by atoms with van der Waals surface area (Å²) in [5.41, 5.74) is 7.93. The molecule has 2 amide bonds. The highest BCUT2D eigenvalue weighted by Crippen LogP contribution is 2.32. The van der Waals surface area contributed by atoms with Gasteiger partial charge in [-0.2, -0.15) is 0 Å². The number of aryl methyl sites for hydroxylation is 1. The molecule has 1 aliphatic rings. The van der Waals surface area contributed by atoms with Gasteiger partial charge in [0.2, 0.25) is 0 Å². The minimum Gasteiger partial charge on any atom is -0.408 e. The van der Waals surface area contributed by atoms with Crippen LogP contribution in [0, 0.1) is 0 Å². The molecule has 2 aromatic rings. The number of benzene rings is 1. The van der Waals surface area contributed by atoms with Crippen molar-refractivity contribution in [3.8, 4) is 0 Å². The molecule has 1 aromatic heterocycles. The van der Waals surface area contributed by atoms with Crippen LogP contribution in [0.25, 0.3) is 11.1 Å². The molecule has 0 saturated carbocycles. The topological polar surface area (TPSA) is 81.5 Å². The third-order valence-electron chi connectivity index (χ3n) is 4.45. The Morgan fingerprint density at radius 1 is 1.43 bits per heavy atom. The van der Waals surface area contributed by atoms with Crippen molar-refractivity contribution >= 4 is 17.1 Å². The van der Waals surface area contributed by atoms with Crippen LogP contribution in [-0.4, -0.2) is 28.1 Å². The molecule has 112 valence electrons. The summed E-state index contributed by atoms with van der Waals surface area (Å²) < 4.78 is 6.74. The maximum atomic E-state index is 11.5. The third-order valence-corrected chi connectivity index (χ3v) is 4.45. The second-order valence-corrected chi connectivity index (χ2v) is 5.76. The van der Waals surface area contributed by atoms with Gasteiger partial charge in [-0.05, 0) is 43.4 Å². The van der Waals surface area contributed by atoms with Crippen molar-refractivity contribution in [1.29, 1.82) is 0 Å². The van der Waals surface area contributed by atoms with Crippen LogP contribution in [0.5, 0.6) is 0 Å². The molecule has 6 nitrogen and oxygen atoms in total. The summed E-state index contributed by atoms with van der Waals surface area (Å²) in [5.74, 6) is 0.00424. The number of rotatable bonds is 1. The van der Waals surface area contributed by atoms with Crippen LogP contribution in [0.2, 0.25) is 0 Å². The van der Waals surface area contributed by atoms with Crippen LogP contribution in [0.1, 0.15) is 31.2 Å². The predicted molar refractivity (Wildman–Crippen MR) is 79.2 cm³/mol. The first-order valence-corrected chi connectivity index (χ1v) is 7.13. The van der Waals surface area contributed by atoms with Gasteiger partial charge in [-0.1, -0.05) is 6.07 Å². The summed E-state index contributed by atoms with van der Waals surface area (Å²) in [4.78, 5) is 24.6. The van der Waals surface area contributed by atoms with Crippen molar-refractivity contribution in [2.24, 2.45) is 12.8 Å². The SMILES string of the molecule is C[C@@H]1CC(c2ccc3c(c2)oc(=O)n3C)CCN1C(N)=O. The van der Waals surface area contributed by atoms with Gasteiger partial charge in [-0.15, -0.1) is 0 Å². The Balaban J connectivity index is 1.88. The molecule has 2 atom stereocenters. The Bertz CT molecular complexity index is 746. The van der Waals surface area contributed by atoms with Gasteiger partial charge in [0.05, 0.1) is 5.52 Å². The first kappa shape index (κ1) is 13.7. The van der Waals surface area contributed by atoms with Gasteiger partial charge in [0, 0.05) is 19.6 Å². The molecule has 1 aliphatic heterocycles. The van der Waals surface area contributed by atoms with E-state index in [1.54, 1.807) is 11.9 Å². The summed E-state index contributed by atoms with van der Waals surface area (Å²) in [6, 6.07) is 5.66. The number of aromatic nitrogens is 1. The quantitative estimate of drug-likeness (QED) is 0.868. The molecule has 1 saturated heterocycles. The molecule has 21 heavy (non-hydrogen) atoms. The van der Waals surface area contributed by atoms with E-state index in [-0.39, 0.29) is 17.8 Å². The number of oxazole rings is 1. The van der Waals surface area contributed by atoms with Gasteiger partial charge < -0.3 is 15.1 Å². The zero-order valence-electron chi connectivity index (χ0n) is 12.2. The summed E-state index contributed by atoms with van der Waals surface area (Å²) >= 11 is 0. The standard InChI is InChI=1S/C15H19N3O3/c1-9-7-11(5-6-18(9)14(16)19)10-3-4-12-13(8-10)21-15(20)17(12)2/h3-4,8-9,11H,5-7H2,1-2H3,(H2,16,19)/t9-,11?/m1/s1. The Morgan fingerprint density at radius 2 is 2.19 bits per heavy atom. The number of nitrogens with two attached hydrogens (primary N) is 1. The van der Waals surface area contributed by atoms with Crippen molar-refractivity contribution in [2.45, 2.75) is 31.7 Å². The highest BCUT2D eigenvalue weighted by atomic mass is 16.4. The van der Waals surface area contributed by atoms with E-state index in [1.807, 2.05) is 25.1 Å². The van der Waals surface area contributed by atoms with E-state index in [9.17, 15) is 9.59 Å². The minimum absolute atomic E-state index is 0.125. The summed E-state index contributed by atoms with van der Waals surface area (Å²) in [6.45, 7) is 2.68. The van der Waals surface area contributed by atoms with Crippen LogP contribution in [-0.2, 0) is 7.05 Å². The average Bonchev–Trinajstić information content (AvgIpc) is 2.73. The highest BCUT2D eigenvalue weighted by molar-refractivity contribution is 5.74. The van der Waals surface area contributed by atoms with E-state index >= 15 is 0 Å². The van der Waals surface area contributed by atoms with Gasteiger partial charge in [-0.3, -0.25) is 4.57 Å². The zero-order valence-corrected chi connectivity index (χ0v) is 12.2. The Kier molecular flexibility index (Phi) is 3.23. The van der Waals surface area contributed by atoms with Crippen molar-refractivity contribution in [3.63, 3.8) is 0 Å². The van der Waals surface area contributed by atoms with Crippen LogP contribution in [0.3, 0.4) is 0 Å². The maximum absolute atomic E-state index is 11.5. The number of nitrogens with zero attached hydrogens (tertiary/aromatic N) is 2. The van der Waals surface area contributed by atoms with Crippen LogP contribution < -0.4 is 11.5 Å². The lowest BCUT2D eigenvalue weighted by molar-refractivity contribution is 0.158. The van der Waals surface area contributed by atoms with Gasteiger partial charge in [0.15, 0.2) is 5.58 Å². The monoisotopic (exact) mass is 289 g/mol. The van der Waals surface area contributed by atoms with Crippen molar-refractivity contribution in [2.75, 3.05) is 6.54 Å². The van der Waals surface area contributed by atoms with Gasteiger partial charge >= 0.3 is 11.8 Å². The number of hydrogen-bond donors (Lipinski definition) is 1. The molecule has 6 heteroatoms. The number of hydrogen-bond acceptors (Lipinski definition) is 3. The van der Waals surface area contributed by atoms with E-state index < -0.39 is 0 Å². The Hall–Kier alpha value is -2.24. The van der Waals surface area contributed by atoms with Crippen LogP contribution >= 0.6 is 0 Å². The fraction of sp³-hybridized carbons (Fsp3) is 0.467. The number of fused-ring (bicyclic) bond motifs is 1. The van der Waals surface area contributed by atoms with Crippen molar-refractivity contribution < 1.29 is 9.21 Å². The number of primary amides is 1. The van der Waals surface area contributed by atoms with Gasteiger partial charge in [0.1, 0.15) is 0 Å². The van der Waals surface area contributed by atoms with Gasteiger partial charge in [0.25, 0.3) is 0 Å². The molecular formula is C15H19N3O3. The molecule has 0 spiro atoms. The number of amides is 2. The second-order valence-electron chi connectivity index (χ2n) is 5.76. The Morgan fingerprint density at radius 3 is 2.86 bits per heavy atom. The van der Waals surface area contributed by atoms with Crippen molar-refractivity contribution in [3.05, 3.63) is 34.3 Å². The van der Waals surface area contributed by atoms with E-state index in [2.05, 4.69) is 0 Å². The maximum Gasteiger partial charge on any atom is 0.419 e. The van der Waals surface area contributed by atoms with Gasteiger partial charge in [-0.25, -0.2) is 9.59 Å². The fourth-order valence-corrected chi connectivity index (χ4v) is 3.21. The van der Waals surface area contributed by atoms with E-state index in [1.165, 1.54) is 4.57 Å². The molecule has 1 fully saturated rings. The smallest absolute Gasteiger partial charge is 0.408 e.